The highest BCUT2D eigenvalue weighted by Gasteiger charge is 2.28. The SMILES string of the molecule is Cc1ccccc1C(=O)CCN(CCC(C)C)C1CC1. The van der Waals surface area contributed by atoms with Gasteiger partial charge in [0.25, 0.3) is 0 Å². The fourth-order valence-corrected chi connectivity index (χ4v) is 2.61. The number of ketones is 1. The molecule has 0 amide bonds. The second-order valence-corrected chi connectivity index (χ2v) is 6.44. The van der Waals surface area contributed by atoms with Gasteiger partial charge in [0, 0.05) is 24.6 Å². The molecular formula is C18H27NO. The third-order valence-electron chi connectivity index (χ3n) is 4.13. The molecule has 0 radical (unpaired) electrons. The van der Waals surface area contributed by atoms with Gasteiger partial charge in [-0.15, -0.1) is 0 Å². The molecule has 1 aliphatic rings. The number of Topliss-reactive ketones (excluding diaryl/α,β-unsaturated/α-hetero) is 1. The number of aryl methyl sites for hydroxylation is 1. The van der Waals surface area contributed by atoms with E-state index in [0.29, 0.717) is 12.2 Å². The fourth-order valence-electron chi connectivity index (χ4n) is 2.61. The Labute approximate surface area is 123 Å². The van der Waals surface area contributed by atoms with Crippen LogP contribution in [0.5, 0.6) is 0 Å². The Morgan fingerprint density at radius 3 is 2.55 bits per heavy atom. The first kappa shape index (κ1) is 15.2. The Hall–Kier alpha value is -1.15. The van der Waals surface area contributed by atoms with Crippen LogP contribution in [0.4, 0.5) is 0 Å². The van der Waals surface area contributed by atoms with Crippen molar-refractivity contribution < 1.29 is 4.79 Å². The van der Waals surface area contributed by atoms with Gasteiger partial charge in [0.05, 0.1) is 0 Å². The highest BCUT2D eigenvalue weighted by molar-refractivity contribution is 5.97. The predicted molar refractivity (Wildman–Crippen MR) is 84.2 cm³/mol. The first-order valence-corrected chi connectivity index (χ1v) is 7.91. The van der Waals surface area contributed by atoms with Crippen molar-refractivity contribution in [3.05, 3.63) is 35.4 Å². The molecule has 0 unspecified atom stereocenters. The summed E-state index contributed by atoms with van der Waals surface area (Å²) in [5.74, 6) is 1.03. The quantitative estimate of drug-likeness (QED) is 0.665. The molecule has 0 atom stereocenters. The highest BCUT2D eigenvalue weighted by atomic mass is 16.1. The van der Waals surface area contributed by atoms with E-state index < -0.39 is 0 Å². The predicted octanol–water partition coefficient (Wildman–Crippen LogP) is 4.08. The van der Waals surface area contributed by atoms with Crippen molar-refractivity contribution in [3.63, 3.8) is 0 Å². The maximum atomic E-state index is 12.3. The molecule has 0 spiro atoms. The normalized spacial score (nSPS) is 15.1. The van der Waals surface area contributed by atoms with Crippen LogP contribution < -0.4 is 0 Å². The Balaban J connectivity index is 1.86. The topological polar surface area (TPSA) is 20.3 Å². The van der Waals surface area contributed by atoms with E-state index in [1.165, 1.54) is 19.3 Å². The van der Waals surface area contributed by atoms with Crippen molar-refractivity contribution in [2.45, 2.75) is 52.5 Å². The van der Waals surface area contributed by atoms with Gasteiger partial charge in [0.1, 0.15) is 0 Å². The third kappa shape index (κ3) is 4.45. The summed E-state index contributed by atoms with van der Waals surface area (Å²) in [7, 11) is 0. The average Bonchev–Trinajstić information content (AvgIpc) is 3.23. The second kappa shape index (κ2) is 7.03. The second-order valence-electron chi connectivity index (χ2n) is 6.44. The summed E-state index contributed by atoms with van der Waals surface area (Å²) in [6.07, 6.45) is 4.52. The van der Waals surface area contributed by atoms with Gasteiger partial charge in [-0.25, -0.2) is 0 Å². The van der Waals surface area contributed by atoms with Crippen LogP contribution >= 0.6 is 0 Å². The van der Waals surface area contributed by atoms with Crippen LogP contribution in [-0.2, 0) is 0 Å². The number of hydrogen-bond donors (Lipinski definition) is 0. The molecule has 0 aromatic heterocycles. The van der Waals surface area contributed by atoms with Gasteiger partial charge in [0.15, 0.2) is 5.78 Å². The van der Waals surface area contributed by atoms with Crippen LogP contribution in [0.1, 0.15) is 55.5 Å². The van der Waals surface area contributed by atoms with Gasteiger partial charge < -0.3 is 0 Å². The molecule has 1 aromatic rings. The van der Waals surface area contributed by atoms with Gasteiger partial charge in [-0.2, -0.15) is 0 Å². The Kier molecular flexibility index (Phi) is 5.36. The van der Waals surface area contributed by atoms with E-state index >= 15 is 0 Å². The zero-order valence-corrected chi connectivity index (χ0v) is 13.1. The van der Waals surface area contributed by atoms with Crippen molar-refractivity contribution in [3.8, 4) is 0 Å². The third-order valence-corrected chi connectivity index (χ3v) is 4.13. The molecule has 1 saturated carbocycles. The molecule has 20 heavy (non-hydrogen) atoms. The van der Waals surface area contributed by atoms with E-state index in [1.54, 1.807) is 0 Å². The van der Waals surface area contributed by atoms with Crippen LogP contribution in [0.25, 0.3) is 0 Å². The lowest BCUT2D eigenvalue weighted by atomic mass is 10.0. The Morgan fingerprint density at radius 2 is 1.95 bits per heavy atom. The maximum absolute atomic E-state index is 12.3. The van der Waals surface area contributed by atoms with Crippen LogP contribution in [-0.4, -0.2) is 29.8 Å². The minimum absolute atomic E-state index is 0.290. The molecule has 2 heteroatoms. The average molecular weight is 273 g/mol. The van der Waals surface area contributed by atoms with E-state index in [-0.39, 0.29) is 0 Å². The minimum Gasteiger partial charge on any atom is -0.300 e. The largest absolute Gasteiger partial charge is 0.300 e. The molecule has 0 N–H and O–H groups in total. The number of carbonyl (C=O) groups is 1. The Morgan fingerprint density at radius 1 is 1.25 bits per heavy atom. The molecule has 1 fully saturated rings. The van der Waals surface area contributed by atoms with Crippen LogP contribution in [0.15, 0.2) is 24.3 Å². The lowest BCUT2D eigenvalue weighted by molar-refractivity contribution is 0.0960. The van der Waals surface area contributed by atoms with Crippen molar-refractivity contribution in [1.82, 2.24) is 4.90 Å². The van der Waals surface area contributed by atoms with E-state index in [2.05, 4.69) is 18.7 Å². The van der Waals surface area contributed by atoms with Gasteiger partial charge >= 0.3 is 0 Å². The lowest BCUT2D eigenvalue weighted by Gasteiger charge is -2.22. The summed E-state index contributed by atoms with van der Waals surface area (Å²) in [6.45, 7) is 8.62. The highest BCUT2D eigenvalue weighted by Crippen LogP contribution is 2.27. The van der Waals surface area contributed by atoms with E-state index in [9.17, 15) is 4.79 Å². The monoisotopic (exact) mass is 273 g/mol. The summed E-state index contributed by atoms with van der Waals surface area (Å²) < 4.78 is 0. The summed E-state index contributed by atoms with van der Waals surface area (Å²) in [5, 5.41) is 0. The Bertz CT molecular complexity index is 448. The van der Waals surface area contributed by atoms with E-state index in [1.807, 2.05) is 31.2 Å². The molecule has 0 bridgehead atoms. The smallest absolute Gasteiger partial charge is 0.164 e. The molecule has 2 rings (SSSR count). The zero-order valence-electron chi connectivity index (χ0n) is 13.1. The summed E-state index contributed by atoms with van der Waals surface area (Å²) in [6, 6.07) is 8.67. The summed E-state index contributed by atoms with van der Waals surface area (Å²) in [4.78, 5) is 14.8. The van der Waals surface area contributed by atoms with Gasteiger partial charge in [-0.1, -0.05) is 38.1 Å². The molecule has 1 aromatic carbocycles. The molecule has 0 saturated heterocycles. The summed E-state index contributed by atoms with van der Waals surface area (Å²) in [5.41, 5.74) is 1.99. The first-order chi connectivity index (χ1) is 9.58. The van der Waals surface area contributed by atoms with Crippen molar-refractivity contribution in [1.29, 1.82) is 0 Å². The molecule has 0 heterocycles. The molecule has 1 aliphatic carbocycles. The van der Waals surface area contributed by atoms with Crippen molar-refractivity contribution >= 4 is 5.78 Å². The van der Waals surface area contributed by atoms with Crippen LogP contribution in [0, 0.1) is 12.8 Å². The standard InChI is InChI=1S/C18H27NO/c1-14(2)10-12-19(16-8-9-16)13-11-18(20)17-7-5-4-6-15(17)3/h4-7,14,16H,8-13H2,1-3H3. The molecule has 0 aliphatic heterocycles. The van der Waals surface area contributed by atoms with Crippen molar-refractivity contribution in [2.75, 3.05) is 13.1 Å². The van der Waals surface area contributed by atoms with Crippen LogP contribution in [0.2, 0.25) is 0 Å². The van der Waals surface area contributed by atoms with Gasteiger partial charge in [-0.05, 0) is 44.2 Å². The minimum atomic E-state index is 0.290. The fraction of sp³-hybridized carbons (Fsp3) is 0.611. The van der Waals surface area contributed by atoms with E-state index in [4.69, 9.17) is 0 Å². The lowest BCUT2D eigenvalue weighted by Crippen LogP contribution is -2.30. The number of hydrogen-bond acceptors (Lipinski definition) is 2. The number of carbonyl (C=O) groups excluding carboxylic acids is 1. The molecule has 110 valence electrons. The first-order valence-electron chi connectivity index (χ1n) is 7.91. The molecule has 2 nitrogen and oxygen atoms in total. The number of benzene rings is 1. The maximum Gasteiger partial charge on any atom is 0.164 e. The number of rotatable bonds is 8. The zero-order chi connectivity index (χ0) is 14.5. The van der Waals surface area contributed by atoms with Crippen LogP contribution in [0.3, 0.4) is 0 Å². The van der Waals surface area contributed by atoms with Gasteiger partial charge in [0.2, 0.25) is 0 Å². The number of nitrogens with zero attached hydrogens (tertiary/aromatic N) is 1. The van der Waals surface area contributed by atoms with Gasteiger partial charge in [-0.3, -0.25) is 9.69 Å². The van der Waals surface area contributed by atoms with Crippen molar-refractivity contribution in [2.24, 2.45) is 5.92 Å². The molecular weight excluding hydrogens is 246 g/mol. The van der Waals surface area contributed by atoms with E-state index in [0.717, 1.165) is 36.2 Å². The summed E-state index contributed by atoms with van der Waals surface area (Å²) >= 11 is 0.